The summed E-state index contributed by atoms with van der Waals surface area (Å²) in [4.78, 5) is 4.84. The number of ether oxygens (including phenoxy) is 1. The van der Waals surface area contributed by atoms with Gasteiger partial charge in [0.25, 0.3) is 0 Å². The van der Waals surface area contributed by atoms with Crippen LogP contribution in [0, 0.1) is 5.92 Å². The van der Waals surface area contributed by atoms with E-state index in [-0.39, 0.29) is 0 Å². The Labute approximate surface area is 130 Å². The Morgan fingerprint density at radius 2 is 1.81 bits per heavy atom. The van der Waals surface area contributed by atoms with Gasteiger partial charge < -0.3 is 4.74 Å². The van der Waals surface area contributed by atoms with E-state index in [0.29, 0.717) is 5.92 Å². The van der Waals surface area contributed by atoms with E-state index in [0.717, 1.165) is 17.2 Å². The molecule has 21 heavy (non-hydrogen) atoms. The molecule has 2 aromatic rings. The zero-order valence-electron chi connectivity index (χ0n) is 12.2. The lowest BCUT2D eigenvalue weighted by atomic mass is 10.2. The molecular formula is C18H19NOS. The summed E-state index contributed by atoms with van der Waals surface area (Å²) in [6.07, 6.45) is 2.55. The highest BCUT2D eigenvalue weighted by molar-refractivity contribution is 8.13. The Bertz CT molecular complexity index is 603. The van der Waals surface area contributed by atoms with Crippen LogP contribution in [0.4, 0.5) is 5.69 Å². The predicted octanol–water partition coefficient (Wildman–Crippen LogP) is 5.07. The van der Waals surface area contributed by atoms with Crippen LogP contribution in [0.2, 0.25) is 0 Å². The number of hydrogen-bond donors (Lipinski definition) is 0. The van der Waals surface area contributed by atoms with Crippen LogP contribution in [0.25, 0.3) is 0 Å². The van der Waals surface area contributed by atoms with Gasteiger partial charge >= 0.3 is 0 Å². The van der Waals surface area contributed by atoms with Gasteiger partial charge in [-0.2, -0.15) is 0 Å². The third-order valence-electron chi connectivity index (χ3n) is 3.47. The minimum Gasteiger partial charge on any atom is -0.497 e. The number of methoxy groups -OCH3 is 1. The molecule has 108 valence electrons. The Balaban J connectivity index is 1.70. The van der Waals surface area contributed by atoms with Crippen LogP contribution in [-0.4, -0.2) is 12.2 Å². The zero-order valence-corrected chi connectivity index (χ0v) is 13.0. The minimum absolute atomic E-state index is 0.667. The van der Waals surface area contributed by atoms with Crippen LogP contribution in [0.5, 0.6) is 5.75 Å². The van der Waals surface area contributed by atoms with Crippen LogP contribution in [0.1, 0.15) is 18.4 Å². The molecule has 1 aliphatic carbocycles. The summed E-state index contributed by atoms with van der Waals surface area (Å²) >= 11 is 1.87. The molecule has 0 aromatic heterocycles. The molecular weight excluding hydrogens is 278 g/mol. The van der Waals surface area contributed by atoms with Crippen molar-refractivity contribution in [1.82, 2.24) is 0 Å². The number of benzene rings is 2. The fourth-order valence-electron chi connectivity index (χ4n) is 2.09. The van der Waals surface area contributed by atoms with Crippen LogP contribution in [-0.2, 0) is 5.75 Å². The summed E-state index contributed by atoms with van der Waals surface area (Å²) in [7, 11) is 1.68. The highest BCUT2D eigenvalue weighted by Crippen LogP contribution is 2.37. The SMILES string of the molecule is COc1ccc(N=C(SCc2ccccc2)C2CC2)cc1. The maximum absolute atomic E-state index is 5.19. The maximum Gasteiger partial charge on any atom is 0.119 e. The molecule has 1 aliphatic rings. The van der Waals surface area contributed by atoms with Crippen molar-refractivity contribution >= 4 is 22.5 Å². The molecule has 0 bridgehead atoms. The number of nitrogens with zero attached hydrogens (tertiary/aromatic N) is 1. The van der Waals surface area contributed by atoms with Crippen LogP contribution in [0.3, 0.4) is 0 Å². The van der Waals surface area contributed by atoms with Crippen molar-refractivity contribution in [3.63, 3.8) is 0 Å². The molecule has 1 saturated carbocycles. The molecule has 3 rings (SSSR count). The van der Waals surface area contributed by atoms with Gasteiger partial charge in [0.1, 0.15) is 5.75 Å². The first-order chi connectivity index (χ1) is 10.3. The molecule has 0 saturated heterocycles. The molecule has 1 fully saturated rings. The molecule has 0 aliphatic heterocycles. The van der Waals surface area contributed by atoms with Crippen molar-refractivity contribution in [2.75, 3.05) is 7.11 Å². The summed E-state index contributed by atoms with van der Waals surface area (Å²) in [6.45, 7) is 0. The lowest BCUT2D eigenvalue weighted by Crippen LogP contribution is -1.95. The first-order valence-corrected chi connectivity index (χ1v) is 8.23. The van der Waals surface area contributed by atoms with Crippen molar-refractivity contribution < 1.29 is 4.74 Å². The van der Waals surface area contributed by atoms with Gasteiger partial charge in [0, 0.05) is 11.7 Å². The number of rotatable bonds is 5. The second kappa shape index (κ2) is 6.81. The third kappa shape index (κ3) is 4.11. The topological polar surface area (TPSA) is 21.6 Å². The quantitative estimate of drug-likeness (QED) is 0.567. The molecule has 0 radical (unpaired) electrons. The molecule has 3 heteroatoms. The highest BCUT2D eigenvalue weighted by Gasteiger charge is 2.27. The Morgan fingerprint density at radius 1 is 1.10 bits per heavy atom. The molecule has 0 N–H and O–H groups in total. The summed E-state index contributed by atoms with van der Waals surface area (Å²) in [5.41, 5.74) is 2.36. The number of hydrogen-bond acceptors (Lipinski definition) is 3. The Kier molecular flexibility index (Phi) is 4.61. The van der Waals surface area contributed by atoms with Crippen molar-refractivity contribution in [3.8, 4) is 5.75 Å². The Hall–Kier alpha value is -1.74. The summed E-state index contributed by atoms with van der Waals surface area (Å²) < 4.78 is 5.19. The third-order valence-corrected chi connectivity index (χ3v) is 4.67. The fraction of sp³-hybridized carbons (Fsp3) is 0.278. The average Bonchev–Trinajstić information content (AvgIpc) is 3.38. The average molecular weight is 297 g/mol. The minimum atomic E-state index is 0.667. The van der Waals surface area contributed by atoms with E-state index in [9.17, 15) is 0 Å². The van der Waals surface area contributed by atoms with Gasteiger partial charge in [-0.25, -0.2) is 4.99 Å². The highest BCUT2D eigenvalue weighted by atomic mass is 32.2. The van der Waals surface area contributed by atoms with Crippen molar-refractivity contribution in [2.24, 2.45) is 10.9 Å². The van der Waals surface area contributed by atoms with Crippen molar-refractivity contribution in [3.05, 3.63) is 60.2 Å². The molecule has 2 aromatic carbocycles. The standard InChI is InChI=1S/C18H19NOS/c1-20-17-11-9-16(10-12-17)19-18(15-7-8-15)21-13-14-5-3-2-4-6-14/h2-6,9-12,15H,7-8,13H2,1H3. The smallest absolute Gasteiger partial charge is 0.119 e. The molecule has 0 spiro atoms. The van der Waals surface area contributed by atoms with E-state index in [2.05, 4.69) is 30.3 Å². The van der Waals surface area contributed by atoms with Crippen molar-refractivity contribution in [2.45, 2.75) is 18.6 Å². The van der Waals surface area contributed by atoms with Gasteiger partial charge in [0.05, 0.1) is 17.8 Å². The predicted molar refractivity (Wildman–Crippen MR) is 90.6 cm³/mol. The molecule has 0 atom stereocenters. The summed E-state index contributed by atoms with van der Waals surface area (Å²) in [6, 6.07) is 18.5. The van der Waals surface area contributed by atoms with E-state index < -0.39 is 0 Å². The lowest BCUT2D eigenvalue weighted by Gasteiger charge is -2.06. The molecule has 0 heterocycles. The van der Waals surface area contributed by atoms with Gasteiger partial charge in [0.2, 0.25) is 0 Å². The zero-order chi connectivity index (χ0) is 14.5. The first-order valence-electron chi connectivity index (χ1n) is 7.24. The van der Waals surface area contributed by atoms with E-state index in [1.807, 2.05) is 36.0 Å². The van der Waals surface area contributed by atoms with E-state index in [4.69, 9.17) is 9.73 Å². The molecule has 0 amide bonds. The monoisotopic (exact) mass is 297 g/mol. The second-order valence-electron chi connectivity index (χ2n) is 5.20. The van der Waals surface area contributed by atoms with Gasteiger partial charge in [-0.05, 0) is 42.7 Å². The van der Waals surface area contributed by atoms with Gasteiger partial charge in [0.15, 0.2) is 0 Å². The van der Waals surface area contributed by atoms with E-state index in [1.165, 1.54) is 23.4 Å². The van der Waals surface area contributed by atoms with E-state index >= 15 is 0 Å². The van der Waals surface area contributed by atoms with Crippen LogP contribution in [0.15, 0.2) is 59.6 Å². The van der Waals surface area contributed by atoms with Gasteiger partial charge in [-0.1, -0.05) is 30.3 Å². The maximum atomic E-state index is 5.19. The van der Waals surface area contributed by atoms with Crippen LogP contribution < -0.4 is 4.74 Å². The molecule has 2 nitrogen and oxygen atoms in total. The van der Waals surface area contributed by atoms with E-state index in [1.54, 1.807) is 7.11 Å². The van der Waals surface area contributed by atoms with Crippen molar-refractivity contribution in [1.29, 1.82) is 0 Å². The first kappa shape index (κ1) is 14.2. The molecule has 0 unspecified atom stereocenters. The fourth-order valence-corrected chi connectivity index (χ4v) is 3.24. The number of thioether (sulfide) groups is 1. The summed E-state index contributed by atoms with van der Waals surface area (Å²) in [5.74, 6) is 2.53. The van der Waals surface area contributed by atoms with Gasteiger partial charge in [-0.15, -0.1) is 11.8 Å². The largest absolute Gasteiger partial charge is 0.497 e. The summed E-state index contributed by atoms with van der Waals surface area (Å²) in [5, 5.41) is 1.27. The Morgan fingerprint density at radius 3 is 2.43 bits per heavy atom. The number of aliphatic imine (C=N–C) groups is 1. The second-order valence-corrected chi connectivity index (χ2v) is 6.19. The lowest BCUT2D eigenvalue weighted by molar-refractivity contribution is 0.415. The normalized spacial score (nSPS) is 15.0. The van der Waals surface area contributed by atoms with Gasteiger partial charge in [-0.3, -0.25) is 0 Å². The van der Waals surface area contributed by atoms with Crippen LogP contribution >= 0.6 is 11.8 Å².